The monoisotopic (exact) mass is 756 g/mol. The van der Waals surface area contributed by atoms with Crippen LogP contribution in [0.15, 0.2) is 102 Å². The van der Waals surface area contributed by atoms with E-state index in [1.54, 1.807) is 53.4 Å². The second-order valence-electron chi connectivity index (χ2n) is 14.7. The van der Waals surface area contributed by atoms with Crippen molar-refractivity contribution in [1.29, 1.82) is 0 Å². The molecule has 13 nitrogen and oxygen atoms in total. The first-order valence-corrected chi connectivity index (χ1v) is 19.5. The number of nitrogens with one attached hydrogen (secondary N) is 3. The van der Waals surface area contributed by atoms with Crippen LogP contribution in [-0.4, -0.2) is 95.1 Å². The van der Waals surface area contributed by atoms with Crippen molar-refractivity contribution in [2.75, 3.05) is 13.1 Å². The molecule has 3 aromatic carbocycles. The standard InChI is InChI=1S/C40H48N6O7S/c1-40(2,3)45-39(51)34-23-29(54(52,53)28-15-8-5-9-16-28)20-21-46(34)25-35(47)32(22-26-12-6-4-7-13-26)43-38(50)33(24-36(41)48)44-37(49)31-19-18-27-14-10-11-17-30(27)42-31/h4-19,29,32-35,47H,20-25H2,1-3H3,(H2,41,48)(H,43,50)(H,44,49)(H,45,51)/t29-,32+,33+,34+,35-/m1/s1. The molecule has 1 aliphatic rings. The lowest BCUT2D eigenvalue weighted by Crippen LogP contribution is -2.60. The predicted octanol–water partition coefficient (Wildman–Crippen LogP) is 2.52. The van der Waals surface area contributed by atoms with E-state index in [0.29, 0.717) is 5.52 Å². The first kappa shape index (κ1) is 40.0. The maximum atomic E-state index is 13.9. The number of pyridine rings is 1. The van der Waals surface area contributed by atoms with Crippen molar-refractivity contribution in [3.63, 3.8) is 0 Å². The van der Waals surface area contributed by atoms with Crippen molar-refractivity contribution in [2.24, 2.45) is 5.73 Å². The molecule has 6 N–H and O–H groups in total. The fourth-order valence-electron chi connectivity index (χ4n) is 6.65. The van der Waals surface area contributed by atoms with Crippen LogP contribution < -0.4 is 21.7 Å². The Labute approximate surface area is 315 Å². The molecule has 1 aromatic heterocycles. The molecule has 0 aliphatic carbocycles. The van der Waals surface area contributed by atoms with Crippen LogP contribution in [0.1, 0.15) is 56.1 Å². The molecule has 4 aromatic rings. The highest BCUT2D eigenvalue weighted by Crippen LogP contribution is 2.29. The van der Waals surface area contributed by atoms with Crippen LogP contribution >= 0.6 is 0 Å². The molecule has 2 heterocycles. The maximum Gasteiger partial charge on any atom is 0.270 e. The van der Waals surface area contributed by atoms with Crippen LogP contribution in [0.25, 0.3) is 10.9 Å². The SMILES string of the molecule is CC(C)(C)NC(=O)[C@@H]1C[C@H](S(=O)(=O)c2ccccc2)CCN1C[C@@H](O)[C@H](Cc1ccccc1)NC(=O)[C@H](CC(N)=O)NC(=O)c1ccc2ccccc2n1. The van der Waals surface area contributed by atoms with E-state index in [0.717, 1.165) is 10.9 Å². The van der Waals surface area contributed by atoms with Gasteiger partial charge in [0.15, 0.2) is 9.84 Å². The molecule has 54 heavy (non-hydrogen) atoms. The zero-order chi connectivity index (χ0) is 39.0. The van der Waals surface area contributed by atoms with Crippen molar-refractivity contribution in [2.45, 2.75) is 86.4 Å². The van der Waals surface area contributed by atoms with E-state index in [-0.39, 0.29) is 48.8 Å². The van der Waals surface area contributed by atoms with Crippen LogP contribution in [-0.2, 0) is 30.6 Å². The molecule has 4 amide bonds. The number of piperidine rings is 1. The average molecular weight is 757 g/mol. The van der Waals surface area contributed by atoms with Crippen LogP contribution in [0.3, 0.4) is 0 Å². The molecular formula is C40H48N6O7S. The van der Waals surface area contributed by atoms with Crippen LogP contribution in [0.2, 0.25) is 0 Å². The Morgan fingerprint density at radius 1 is 0.907 bits per heavy atom. The molecular weight excluding hydrogens is 709 g/mol. The number of aliphatic hydroxyl groups is 1. The van der Waals surface area contributed by atoms with Gasteiger partial charge in [0.25, 0.3) is 5.91 Å². The van der Waals surface area contributed by atoms with Gasteiger partial charge in [-0.3, -0.25) is 24.1 Å². The third-order valence-electron chi connectivity index (χ3n) is 9.35. The number of β-amino-alcohol motifs (C(OH)–C–C–N with tert-alkyl or cyclic N) is 1. The summed E-state index contributed by atoms with van der Waals surface area (Å²) < 4.78 is 27.3. The quantitative estimate of drug-likeness (QED) is 0.128. The van der Waals surface area contributed by atoms with E-state index in [2.05, 4.69) is 20.9 Å². The summed E-state index contributed by atoms with van der Waals surface area (Å²) >= 11 is 0. The highest BCUT2D eigenvalue weighted by Gasteiger charge is 2.42. The summed E-state index contributed by atoms with van der Waals surface area (Å²) in [5.74, 6) is -2.65. The second kappa shape index (κ2) is 17.3. The van der Waals surface area contributed by atoms with Gasteiger partial charge >= 0.3 is 0 Å². The lowest BCUT2D eigenvalue weighted by atomic mass is 9.96. The number of hydrogen-bond acceptors (Lipinski definition) is 9. The number of aliphatic hydroxyl groups excluding tert-OH is 1. The van der Waals surface area contributed by atoms with Crippen LogP contribution in [0.4, 0.5) is 0 Å². The fraction of sp³-hybridized carbons (Fsp3) is 0.375. The summed E-state index contributed by atoms with van der Waals surface area (Å²) in [6, 6.07) is 24.5. The highest BCUT2D eigenvalue weighted by atomic mass is 32.2. The number of fused-ring (bicyclic) bond motifs is 1. The van der Waals surface area contributed by atoms with E-state index in [9.17, 15) is 32.7 Å². The molecule has 1 saturated heterocycles. The largest absolute Gasteiger partial charge is 0.390 e. The average Bonchev–Trinajstić information content (AvgIpc) is 3.14. The smallest absolute Gasteiger partial charge is 0.270 e. The zero-order valence-electron chi connectivity index (χ0n) is 30.6. The molecule has 0 saturated carbocycles. The number of likely N-dealkylation sites (tertiary alicyclic amines) is 1. The van der Waals surface area contributed by atoms with Gasteiger partial charge in [-0.05, 0) is 69.9 Å². The van der Waals surface area contributed by atoms with Gasteiger partial charge in [-0.1, -0.05) is 72.8 Å². The summed E-state index contributed by atoms with van der Waals surface area (Å²) in [6.07, 6.45) is -1.41. The minimum atomic E-state index is -3.76. The molecule has 286 valence electrons. The van der Waals surface area contributed by atoms with Gasteiger partial charge < -0.3 is 26.8 Å². The van der Waals surface area contributed by atoms with Crippen molar-refractivity contribution in [3.05, 3.63) is 108 Å². The Kier molecular flexibility index (Phi) is 12.8. The van der Waals surface area contributed by atoms with Gasteiger partial charge in [0, 0.05) is 24.0 Å². The van der Waals surface area contributed by atoms with Gasteiger partial charge in [-0.2, -0.15) is 0 Å². The predicted molar refractivity (Wildman–Crippen MR) is 205 cm³/mol. The van der Waals surface area contributed by atoms with Gasteiger partial charge in [0.05, 0.1) is 40.3 Å². The Bertz CT molecular complexity index is 2060. The lowest BCUT2D eigenvalue weighted by molar-refractivity contribution is -0.130. The number of amides is 4. The maximum absolute atomic E-state index is 13.9. The Morgan fingerprint density at radius 2 is 1.56 bits per heavy atom. The highest BCUT2D eigenvalue weighted by molar-refractivity contribution is 7.92. The summed E-state index contributed by atoms with van der Waals surface area (Å²) in [5, 5.41) is 20.2. The third kappa shape index (κ3) is 10.5. The van der Waals surface area contributed by atoms with E-state index in [1.165, 1.54) is 6.07 Å². The topological polar surface area (TPSA) is 201 Å². The number of sulfone groups is 1. The molecule has 1 aliphatic heterocycles. The molecule has 1 fully saturated rings. The van der Waals surface area contributed by atoms with Crippen molar-refractivity contribution < 1.29 is 32.7 Å². The minimum Gasteiger partial charge on any atom is -0.390 e. The summed E-state index contributed by atoms with van der Waals surface area (Å²) in [5.41, 5.74) is 6.28. The third-order valence-corrected chi connectivity index (χ3v) is 11.6. The summed E-state index contributed by atoms with van der Waals surface area (Å²) in [6.45, 7) is 5.57. The van der Waals surface area contributed by atoms with Gasteiger partial charge in [0.1, 0.15) is 11.7 Å². The van der Waals surface area contributed by atoms with Gasteiger partial charge in [0.2, 0.25) is 17.7 Å². The molecule has 0 bridgehead atoms. The van der Waals surface area contributed by atoms with Crippen LogP contribution in [0.5, 0.6) is 0 Å². The Balaban J connectivity index is 1.37. The number of benzene rings is 3. The number of rotatable bonds is 14. The Morgan fingerprint density at radius 3 is 2.22 bits per heavy atom. The number of hydrogen-bond donors (Lipinski definition) is 5. The number of nitrogens with zero attached hydrogens (tertiary/aromatic N) is 2. The second-order valence-corrected chi connectivity index (χ2v) is 16.9. The van der Waals surface area contributed by atoms with E-state index >= 15 is 0 Å². The summed E-state index contributed by atoms with van der Waals surface area (Å²) in [4.78, 5) is 59.3. The number of primary amides is 1. The first-order valence-electron chi connectivity index (χ1n) is 17.9. The van der Waals surface area contributed by atoms with Crippen molar-refractivity contribution in [3.8, 4) is 0 Å². The molecule has 14 heteroatoms. The van der Waals surface area contributed by atoms with E-state index in [1.807, 2.05) is 63.2 Å². The molecule has 0 unspecified atom stereocenters. The lowest BCUT2D eigenvalue weighted by Gasteiger charge is -2.41. The number of carbonyl (C=O) groups excluding carboxylic acids is 4. The van der Waals surface area contributed by atoms with E-state index in [4.69, 9.17) is 5.73 Å². The number of carbonyl (C=O) groups is 4. The number of nitrogens with two attached hydrogens (primary N) is 1. The fourth-order valence-corrected chi connectivity index (χ4v) is 8.42. The van der Waals surface area contributed by atoms with Gasteiger partial charge in [-0.25, -0.2) is 13.4 Å². The van der Waals surface area contributed by atoms with Gasteiger partial charge in [-0.15, -0.1) is 0 Å². The Hall–Kier alpha value is -5.18. The molecule has 5 rings (SSSR count). The molecule has 0 spiro atoms. The molecule has 5 atom stereocenters. The van der Waals surface area contributed by atoms with Crippen molar-refractivity contribution >= 4 is 44.4 Å². The normalized spacial score (nSPS) is 18.2. The van der Waals surface area contributed by atoms with Crippen LogP contribution in [0, 0.1) is 0 Å². The summed E-state index contributed by atoms with van der Waals surface area (Å²) in [7, 11) is -3.76. The molecule has 0 radical (unpaired) electrons. The number of para-hydroxylation sites is 1. The zero-order valence-corrected chi connectivity index (χ0v) is 31.5. The van der Waals surface area contributed by atoms with Crippen molar-refractivity contribution in [1.82, 2.24) is 25.8 Å². The first-order chi connectivity index (χ1) is 25.6. The number of aromatic nitrogens is 1. The minimum absolute atomic E-state index is 0.00288. The van der Waals surface area contributed by atoms with E-state index < -0.39 is 69.0 Å².